The standard InChI is InChI=1S/C23H18ClI2N3O4/c24-16-3-1-14(2-4-16)12-31-23-18(25)7-15(8-19(23)26)10-28-29-22(30)11-27-17-5-6-20-21(9-17)33-13-32-20/h1-10,27H,11-13H2,(H,29,30)/b28-10-. The highest BCUT2D eigenvalue weighted by molar-refractivity contribution is 14.1. The maximum Gasteiger partial charge on any atom is 0.259 e. The predicted molar refractivity (Wildman–Crippen MR) is 144 cm³/mol. The van der Waals surface area contributed by atoms with Crippen molar-refractivity contribution in [3.63, 3.8) is 0 Å². The number of carbonyl (C=O) groups excluding carboxylic acids is 1. The number of rotatable bonds is 8. The molecule has 0 bridgehead atoms. The molecule has 0 unspecified atom stereocenters. The van der Waals surface area contributed by atoms with Crippen molar-refractivity contribution in [2.24, 2.45) is 5.10 Å². The topological polar surface area (TPSA) is 81.2 Å². The fourth-order valence-corrected chi connectivity index (χ4v) is 5.19. The van der Waals surface area contributed by atoms with E-state index in [-0.39, 0.29) is 19.2 Å². The molecule has 7 nitrogen and oxygen atoms in total. The minimum Gasteiger partial charge on any atom is -0.487 e. The largest absolute Gasteiger partial charge is 0.487 e. The van der Waals surface area contributed by atoms with E-state index >= 15 is 0 Å². The number of benzene rings is 3. The van der Waals surface area contributed by atoms with Crippen LogP contribution in [0.2, 0.25) is 5.02 Å². The molecule has 1 aliphatic heterocycles. The van der Waals surface area contributed by atoms with Gasteiger partial charge in [-0.25, -0.2) is 5.43 Å². The third-order valence-corrected chi connectivity index (χ3v) is 6.40. The molecule has 0 fully saturated rings. The van der Waals surface area contributed by atoms with Gasteiger partial charge in [-0.15, -0.1) is 0 Å². The van der Waals surface area contributed by atoms with Crippen LogP contribution in [0.25, 0.3) is 0 Å². The molecule has 4 rings (SSSR count). The van der Waals surface area contributed by atoms with Crippen molar-refractivity contribution in [2.45, 2.75) is 6.61 Å². The molecular weight excluding hydrogens is 672 g/mol. The average molecular weight is 690 g/mol. The third kappa shape index (κ3) is 6.64. The lowest BCUT2D eigenvalue weighted by Crippen LogP contribution is -2.25. The van der Waals surface area contributed by atoms with Crippen molar-refractivity contribution in [1.29, 1.82) is 0 Å². The molecule has 3 aromatic carbocycles. The Hall–Kier alpha value is -2.25. The second kappa shape index (κ2) is 11.3. The number of nitrogens with one attached hydrogen (secondary N) is 2. The molecule has 0 aromatic heterocycles. The van der Waals surface area contributed by atoms with Crippen LogP contribution in [-0.2, 0) is 11.4 Å². The molecule has 3 aromatic rings. The summed E-state index contributed by atoms with van der Waals surface area (Å²) in [5.41, 5.74) is 5.17. The maximum atomic E-state index is 12.1. The zero-order valence-corrected chi connectivity index (χ0v) is 22.2. The summed E-state index contributed by atoms with van der Waals surface area (Å²) in [6.45, 7) is 0.730. The zero-order chi connectivity index (χ0) is 23.2. The van der Waals surface area contributed by atoms with E-state index in [1.165, 1.54) is 0 Å². The maximum absolute atomic E-state index is 12.1. The highest BCUT2D eigenvalue weighted by Crippen LogP contribution is 2.34. The van der Waals surface area contributed by atoms with Gasteiger partial charge in [0.2, 0.25) is 6.79 Å². The summed E-state index contributed by atoms with van der Waals surface area (Å²) in [4.78, 5) is 12.1. The van der Waals surface area contributed by atoms with E-state index in [1.54, 1.807) is 18.3 Å². The van der Waals surface area contributed by atoms with Crippen LogP contribution in [0.1, 0.15) is 11.1 Å². The van der Waals surface area contributed by atoms with Gasteiger partial charge in [0.1, 0.15) is 12.4 Å². The number of hydrogen-bond acceptors (Lipinski definition) is 6. The average Bonchev–Trinajstić information content (AvgIpc) is 3.26. The Kier molecular flexibility index (Phi) is 8.15. The Morgan fingerprint density at radius 2 is 1.79 bits per heavy atom. The van der Waals surface area contributed by atoms with Gasteiger partial charge in [0.25, 0.3) is 5.91 Å². The van der Waals surface area contributed by atoms with Crippen LogP contribution in [0.4, 0.5) is 5.69 Å². The number of carbonyl (C=O) groups is 1. The van der Waals surface area contributed by atoms with Gasteiger partial charge in [-0.2, -0.15) is 5.10 Å². The molecule has 0 spiro atoms. The van der Waals surface area contributed by atoms with Crippen LogP contribution >= 0.6 is 56.8 Å². The minimum atomic E-state index is -0.267. The van der Waals surface area contributed by atoms with E-state index in [0.717, 1.165) is 29.7 Å². The second-order valence-corrected chi connectivity index (χ2v) is 9.70. The summed E-state index contributed by atoms with van der Waals surface area (Å²) in [5, 5.41) is 7.78. The first-order valence-electron chi connectivity index (χ1n) is 9.79. The van der Waals surface area contributed by atoms with Gasteiger partial charge in [0, 0.05) is 16.8 Å². The monoisotopic (exact) mass is 689 g/mol. The summed E-state index contributed by atoms with van der Waals surface area (Å²) >= 11 is 10.4. The van der Waals surface area contributed by atoms with E-state index in [4.69, 9.17) is 25.8 Å². The number of ether oxygens (including phenoxy) is 3. The third-order valence-electron chi connectivity index (χ3n) is 4.55. The highest BCUT2D eigenvalue weighted by atomic mass is 127. The van der Waals surface area contributed by atoms with Crippen LogP contribution in [0.3, 0.4) is 0 Å². The van der Waals surface area contributed by atoms with Crippen LogP contribution in [-0.4, -0.2) is 25.5 Å². The predicted octanol–water partition coefficient (Wildman–Crippen LogP) is 5.42. The van der Waals surface area contributed by atoms with Gasteiger partial charge in [-0.1, -0.05) is 23.7 Å². The summed E-state index contributed by atoms with van der Waals surface area (Å²) in [5.74, 6) is 1.89. The number of hydrogen-bond donors (Lipinski definition) is 2. The Morgan fingerprint density at radius 1 is 1.06 bits per heavy atom. The van der Waals surface area contributed by atoms with E-state index < -0.39 is 0 Å². The molecule has 0 atom stereocenters. The van der Waals surface area contributed by atoms with Gasteiger partial charge in [0.05, 0.1) is 19.9 Å². The van der Waals surface area contributed by atoms with Crippen molar-refractivity contribution < 1.29 is 19.0 Å². The highest BCUT2D eigenvalue weighted by Gasteiger charge is 2.13. The number of halogens is 3. The number of amides is 1. The molecule has 1 amide bonds. The molecule has 1 aliphatic rings. The van der Waals surface area contributed by atoms with Gasteiger partial charge >= 0.3 is 0 Å². The van der Waals surface area contributed by atoms with E-state index in [9.17, 15) is 4.79 Å². The number of anilines is 1. The molecule has 2 N–H and O–H groups in total. The molecule has 170 valence electrons. The smallest absolute Gasteiger partial charge is 0.259 e. The SMILES string of the molecule is O=C(CNc1ccc2c(c1)OCO2)N/N=C\c1cc(I)c(OCc2ccc(Cl)cc2)c(I)c1. The number of nitrogens with zero attached hydrogens (tertiary/aromatic N) is 1. The van der Waals surface area contributed by atoms with Crippen LogP contribution in [0.15, 0.2) is 59.7 Å². The molecular formula is C23H18ClI2N3O4. The number of fused-ring (bicyclic) bond motifs is 1. The van der Waals surface area contributed by atoms with Crippen molar-refractivity contribution in [2.75, 3.05) is 18.7 Å². The van der Waals surface area contributed by atoms with E-state index in [2.05, 4.69) is 61.0 Å². The summed E-state index contributed by atoms with van der Waals surface area (Å²) in [6, 6.07) is 16.9. The quantitative estimate of drug-likeness (QED) is 0.188. The van der Waals surface area contributed by atoms with Crippen molar-refractivity contribution in [3.8, 4) is 17.2 Å². The first kappa shape index (κ1) is 23.9. The Bertz CT molecular complexity index is 1170. The minimum absolute atomic E-state index is 0.0729. The van der Waals surface area contributed by atoms with Crippen molar-refractivity contribution in [3.05, 3.63) is 77.9 Å². The summed E-state index contributed by atoms with van der Waals surface area (Å²) < 4.78 is 18.5. The fraction of sp³-hybridized carbons (Fsp3) is 0.130. The lowest BCUT2D eigenvalue weighted by atomic mass is 10.2. The molecule has 33 heavy (non-hydrogen) atoms. The molecule has 0 saturated heterocycles. The number of hydrazone groups is 1. The molecule has 0 saturated carbocycles. The Labute approximate surface area is 223 Å². The van der Waals surface area contributed by atoms with Crippen LogP contribution < -0.4 is 25.0 Å². The van der Waals surface area contributed by atoms with Gasteiger partial charge in [-0.3, -0.25) is 4.79 Å². The van der Waals surface area contributed by atoms with E-state index in [0.29, 0.717) is 23.1 Å². The lowest BCUT2D eigenvalue weighted by Gasteiger charge is -2.11. The Morgan fingerprint density at radius 3 is 2.55 bits per heavy atom. The van der Waals surface area contributed by atoms with Gasteiger partial charge < -0.3 is 19.5 Å². The van der Waals surface area contributed by atoms with Crippen molar-refractivity contribution >= 4 is 74.6 Å². The van der Waals surface area contributed by atoms with E-state index in [1.807, 2.05) is 42.5 Å². The van der Waals surface area contributed by atoms with Crippen LogP contribution in [0.5, 0.6) is 17.2 Å². The first-order valence-corrected chi connectivity index (χ1v) is 12.3. The Balaban J connectivity index is 1.28. The fourth-order valence-electron chi connectivity index (χ4n) is 2.94. The first-order chi connectivity index (χ1) is 16.0. The van der Waals surface area contributed by atoms with Gasteiger partial charge in [0.15, 0.2) is 11.5 Å². The molecule has 10 heteroatoms. The molecule has 1 heterocycles. The zero-order valence-electron chi connectivity index (χ0n) is 17.1. The van der Waals surface area contributed by atoms with Crippen LogP contribution in [0, 0.1) is 7.14 Å². The summed E-state index contributed by atoms with van der Waals surface area (Å²) in [6.07, 6.45) is 1.60. The molecule has 0 aliphatic carbocycles. The second-order valence-electron chi connectivity index (χ2n) is 6.94. The van der Waals surface area contributed by atoms with Crippen molar-refractivity contribution in [1.82, 2.24) is 5.43 Å². The normalized spacial score (nSPS) is 12.1. The van der Waals surface area contributed by atoms with Gasteiger partial charge in [-0.05, 0) is 92.7 Å². The molecule has 0 radical (unpaired) electrons. The lowest BCUT2D eigenvalue weighted by molar-refractivity contribution is -0.119. The summed E-state index contributed by atoms with van der Waals surface area (Å²) in [7, 11) is 0.